The minimum atomic E-state index is -4.61. The van der Waals surface area contributed by atoms with Crippen molar-refractivity contribution in [1.82, 2.24) is 4.90 Å². The van der Waals surface area contributed by atoms with E-state index in [9.17, 15) is 22.4 Å². The summed E-state index contributed by atoms with van der Waals surface area (Å²) >= 11 is 0. The van der Waals surface area contributed by atoms with Gasteiger partial charge in [0.2, 0.25) is 0 Å². The molecule has 0 aliphatic carbocycles. The van der Waals surface area contributed by atoms with Gasteiger partial charge >= 0.3 is 12.3 Å². The smallest absolute Gasteiger partial charge is 0.334 e. The average Bonchev–Trinajstić information content (AvgIpc) is 2.12. The second-order valence-corrected chi connectivity index (χ2v) is 2.56. The molecule has 6 heteroatoms. The standard InChI is InChI=1S/C8H11F4NO/c1-3-5-13(4-2)7(14)8(11,12)6(9)10/h3,6H,1,4-5H2,2H3. The van der Waals surface area contributed by atoms with Gasteiger partial charge in [-0.25, -0.2) is 8.78 Å². The van der Waals surface area contributed by atoms with Crippen LogP contribution in [0.25, 0.3) is 0 Å². The Hall–Kier alpha value is -1.07. The summed E-state index contributed by atoms with van der Waals surface area (Å²) in [5.41, 5.74) is 0. The van der Waals surface area contributed by atoms with Crippen molar-refractivity contribution in [2.24, 2.45) is 0 Å². The van der Waals surface area contributed by atoms with Crippen LogP contribution in [0.4, 0.5) is 17.6 Å². The first-order valence-corrected chi connectivity index (χ1v) is 3.94. The molecule has 0 aliphatic rings. The van der Waals surface area contributed by atoms with Gasteiger partial charge in [-0.3, -0.25) is 4.79 Å². The summed E-state index contributed by atoms with van der Waals surface area (Å²) in [5, 5.41) is 0. The molecular formula is C8H11F4NO. The molecule has 1 amide bonds. The molecule has 0 heterocycles. The van der Waals surface area contributed by atoms with Gasteiger partial charge in [0, 0.05) is 13.1 Å². The van der Waals surface area contributed by atoms with Gasteiger partial charge in [-0.1, -0.05) is 6.08 Å². The summed E-state index contributed by atoms with van der Waals surface area (Å²) in [6, 6.07) is 0. The van der Waals surface area contributed by atoms with Gasteiger partial charge in [0.25, 0.3) is 5.91 Å². The van der Waals surface area contributed by atoms with Gasteiger partial charge in [-0.05, 0) is 6.92 Å². The van der Waals surface area contributed by atoms with Crippen molar-refractivity contribution in [3.05, 3.63) is 12.7 Å². The number of nitrogens with zero attached hydrogens (tertiary/aromatic N) is 1. The average molecular weight is 213 g/mol. The van der Waals surface area contributed by atoms with E-state index in [4.69, 9.17) is 0 Å². The fourth-order valence-corrected chi connectivity index (χ4v) is 0.816. The van der Waals surface area contributed by atoms with Crippen LogP contribution in [0.3, 0.4) is 0 Å². The van der Waals surface area contributed by atoms with Gasteiger partial charge in [-0.2, -0.15) is 8.78 Å². The van der Waals surface area contributed by atoms with Crippen LogP contribution in [0.2, 0.25) is 0 Å². The molecule has 2 nitrogen and oxygen atoms in total. The SMILES string of the molecule is C=CCN(CC)C(=O)C(F)(F)C(F)F. The lowest BCUT2D eigenvalue weighted by molar-refractivity contribution is -0.179. The van der Waals surface area contributed by atoms with E-state index in [1.54, 1.807) is 0 Å². The third-order valence-electron chi connectivity index (χ3n) is 1.58. The first-order valence-electron chi connectivity index (χ1n) is 3.94. The van der Waals surface area contributed by atoms with Gasteiger partial charge in [0.15, 0.2) is 0 Å². The van der Waals surface area contributed by atoms with E-state index in [1.165, 1.54) is 13.0 Å². The van der Waals surface area contributed by atoms with Crippen LogP contribution in [-0.4, -0.2) is 36.2 Å². The molecule has 0 rings (SSSR count). The predicted octanol–water partition coefficient (Wildman–Crippen LogP) is 1.92. The van der Waals surface area contributed by atoms with Crippen LogP contribution in [0.15, 0.2) is 12.7 Å². The van der Waals surface area contributed by atoms with Crippen molar-refractivity contribution in [2.75, 3.05) is 13.1 Å². The number of alkyl halides is 4. The van der Waals surface area contributed by atoms with E-state index in [2.05, 4.69) is 6.58 Å². The van der Waals surface area contributed by atoms with Crippen LogP contribution >= 0.6 is 0 Å². The molecule has 82 valence electrons. The highest BCUT2D eigenvalue weighted by Gasteiger charge is 2.50. The van der Waals surface area contributed by atoms with Crippen molar-refractivity contribution in [3.8, 4) is 0 Å². The van der Waals surface area contributed by atoms with Crippen LogP contribution in [-0.2, 0) is 4.79 Å². The zero-order valence-electron chi connectivity index (χ0n) is 7.64. The van der Waals surface area contributed by atoms with Crippen LogP contribution in [0.1, 0.15) is 6.92 Å². The summed E-state index contributed by atoms with van der Waals surface area (Å²) < 4.78 is 48.6. The highest BCUT2D eigenvalue weighted by atomic mass is 19.3. The monoisotopic (exact) mass is 213 g/mol. The summed E-state index contributed by atoms with van der Waals surface area (Å²) in [5.74, 6) is -6.48. The van der Waals surface area contributed by atoms with Gasteiger partial charge in [-0.15, -0.1) is 6.58 Å². The van der Waals surface area contributed by atoms with Crippen molar-refractivity contribution in [2.45, 2.75) is 19.3 Å². The number of likely N-dealkylation sites (N-methyl/N-ethyl adjacent to an activating group) is 1. The van der Waals surface area contributed by atoms with Crippen molar-refractivity contribution in [3.63, 3.8) is 0 Å². The molecule has 0 fully saturated rings. The maximum absolute atomic E-state index is 12.5. The molecule has 0 atom stereocenters. The zero-order chi connectivity index (χ0) is 11.4. The number of carbonyl (C=O) groups excluding carboxylic acids is 1. The summed E-state index contributed by atoms with van der Waals surface area (Å²) in [4.78, 5) is 11.5. The Morgan fingerprint density at radius 2 is 2.07 bits per heavy atom. The molecule has 0 N–H and O–H groups in total. The predicted molar refractivity (Wildman–Crippen MR) is 43.4 cm³/mol. The molecule has 0 aromatic rings. The number of hydrogen-bond acceptors (Lipinski definition) is 1. The third-order valence-corrected chi connectivity index (χ3v) is 1.58. The largest absolute Gasteiger partial charge is 0.383 e. The lowest BCUT2D eigenvalue weighted by atomic mass is 10.3. The Morgan fingerprint density at radius 3 is 2.36 bits per heavy atom. The first kappa shape index (κ1) is 12.9. The lowest BCUT2D eigenvalue weighted by Gasteiger charge is -2.24. The minimum Gasteiger partial charge on any atom is -0.334 e. The molecule has 0 bridgehead atoms. The summed E-state index contributed by atoms with van der Waals surface area (Å²) in [7, 11) is 0. The fourth-order valence-electron chi connectivity index (χ4n) is 0.816. The molecule has 0 aromatic heterocycles. The van der Waals surface area contributed by atoms with Crippen LogP contribution in [0.5, 0.6) is 0 Å². The number of halogens is 4. The van der Waals surface area contributed by atoms with E-state index in [0.29, 0.717) is 4.90 Å². The topological polar surface area (TPSA) is 20.3 Å². The zero-order valence-corrected chi connectivity index (χ0v) is 7.64. The third kappa shape index (κ3) is 2.71. The van der Waals surface area contributed by atoms with E-state index >= 15 is 0 Å². The summed E-state index contributed by atoms with van der Waals surface area (Å²) in [6.07, 6.45) is -2.78. The lowest BCUT2D eigenvalue weighted by Crippen LogP contribution is -2.47. The van der Waals surface area contributed by atoms with Gasteiger partial charge < -0.3 is 4.90 Å². The molecule has 0 saturated heterocycles. The Balaban J connectivity index is 4.64. The van der Waals surface area contributed by atoms with Crippen molar-refractivity contribution in [1.29, 1.82) is 0 Å². The second-order valence-electron chi connectivity index (χ2n) is 2.56. The van der Waals surface area contributed by atoms with E-state index in [-0.39, 0.29) is 13.1 Å². The number of carbonyl (C=O) groups is 1. The van der Waals surface area contributed by atoms with Crippen LogP contribution in [0, 0.1) is 0 Å². The molecule has 0 saturated carbocycles. The van der Waals surface area contributed by atoms with Crippen LogP contribution < -0.4 is 0 Å². The minimum absolute atomic E-state index is 0.0623. The normalized spacial score (nSPS) is 11.6. The molecule has 0 aromatic carbocycles. The van der Waals surface area contributed by atoms with Gasteiger partial charge in [0.1, 0.15) is 0 Å². The number of amides is 1. The van der Waals surface area contributed by atoms with Gasteiger partial charge in [0.05, 0.1) is 0 Å². The summed E-state index contributed by atoms with van der Waals surface area (Å²) in [6.45, 7) is 4.42. The molecule has 14 heavy (non-hydrogen) atoms. The highest BCUT2D eigenvalue weighted by Crippen LogP contribution is 2.25. The van der Waals surface area contributed by atoms with E-state index < -0.39 is 18.3 Å². The van der Waals surface area contributed by atoms with Crippen molar-refractivity contribution >= 4 is 5.91 Å². The molecule has 0 radical (unpaired) electrons. The molecule has 0 aliphatic heterocycles. The number of hydrogen-bond donors (Lipinski definition) is 0. The maximum atomic E-state index is 12.5. The Labute approximate surface area is 79.2 Å². The van der Waals surface area contributed by atoms with E-state index in [1.807, 2.05) is 0 Å². The Bertz CT molecular complexity index is 217. The second kappa shape index (κ2) is 4.97. The molecule has 0 spiro atoms. The van der Waals surface area contributed by atoms with Crippen molar-refractivity contribution < 1.29 is 22.4 Å². The maximum Gasteiger partial charge on any atom is 0.383 e. The van der Waals surface area contributed by atoms with E-state index in [0.717, 1.165) is 0 Å². The highest BCUT2D eigenvalue weighted by molar-refractivity contribution is 5.84. The quantitative estimate of drug-likeness (QED) is 0.504. The molecule has 0 unspecified atom stereocenters. The number of rotatable bonds is 5. The fraction of sp³-hybridized carbons (Fsp3) is 0.625. The Kier molecular flexibility index (Phi) is 4.59. The first-order chi connectivity index (χ1) is 6.37. The molecular weight excluding hydrogens is 202 g/mol. The Morgan fingerprint density at radius 1 is 1.57 bits per heavy atom.